The molecule has 2 aromatic rings. The Kier molecular flexibility index (Phi) is 5.68. The van der Waals surface area contributed by atoms with Gasteiger partial charge in [0, 0.05) is 36.8 Å². The molecule has 2 heterocycles. The van der Waals surface area contributed by atoms with Crippen molar-refractivity contribution in [1.29, 1.82) is 0 Å². The molecular formula is C19H21BrFN3O. The summed E-state index contributed by atoms with van der Waals surface area (Å²) >= 11 is 3.21. The topological polar surface area (TPSA) is 36.4 Å². The Bertz CT molecular complexity index is 743. The standard InChI is InChI=1S/C19H21BrFN3O/c1-2-3-14-4-7-18(22-13-14)23-8-10-24(11-9-23)19(25)16-6-5-15(20)12-17(16)21/h4-7,12-13H,2-3,8-11H2,1H3. The Hall–Kier alpha value is -1.95. The molecule has 0 radical (unpaired) electrons. The number of anilines is 1. The summed E-state index contributed by atoms with van der Waals surface area (Å²) in [5.74, 6) is 0.188. The average Bonchev–Trinajstić information content (AvgIpc) is 2.62. The smallest absolute Gasteiger partial charge is 0.256 e. The van der Waals surface area contributed by atoms with Crippen LogP contribution in [0.25, 0.3) is 0 Å². The molecule has 1 aliphatic rings. The number of benzene rings is 1. The minimum absolute atomic E-state index is 0.124. The Labute approximate surface area is 155 Å². The van der Waals surface area contributed by atoms with Gasteiger partial charge in [0.15, 0.2) is 0 Å². The predicted molar refractivity (Wildman–Crippen MR) is 100 cm³/mol. The van der Waals surface area contributed by atoms with Gasteiger partial charge in [-0.3, -0.25) is 4.79 Å². The number of hydrogen-bond donors (Lipinski definition) is 0. The van der Waals surface area contributed by atoms with Crippen molar-refractivity contribution >= 4 is 27.7 Å². The van der Waals surface area contributed by atoms with Crippen molar-refractivity contribution in [2.45, 2.75) is 19.8 Å². The van der Waals surface area contributed by atoms with Crippen LogP contribution in [0.15, 0.2) is 41.0 Å². The van der Waals surface area contributed by atoms with Crippen LogP contribution in [-0.2, 0) is 6.42 Å². The number of nitrogens with zero attached hydrogens (tertiary/aromatic N) is 3. The molecule has 1 saturated heterocycles. The molecule has 4 nitrogen and oxygen atoms in total. The van der Waals surface area contributed by atoms with Gasteiger partial charge in [-0.15, -0.1) is 0 Å². The molecule has 0 spiro atoms. The normalized spacial score (nSPS) is 14.7. The molecule has 1 aromatic carbocycles. The molecule has 6 heteroatoms. The van der Waals surface area contributed by atoms with Crippen molar-refractivity contribution in [3.8, 4) is 0 Å². The first-order valence-corrected chi connectivity index (χ1v) is 9.32. The van der Waals surface area contributed by atoms with Crippen LogP contribution in [0, 0.1) is 5.82 Å². The van der Waals surface area contributed by atoms with Gasteiger partial charge in [0.25, 0.3) is 5.91 Å². The predicted octanol–water partition coefficient (Wildman–Crippen LogP) is 3.90. The van der Waals surface area contributed by atoms with E-state index in [9.17, 15) is 9.18 Å². The summed E-state index contributed by atoms with van der Waals surface area (Å²) in [5, 5.41) is 0. The van der Waals surface area contributed by atoms with Crippen LogP contribution in [0.1, 0.15) is 29.3 Å². The number of aromatic nitrogens is 1. The quantitative estimate of drug-likeness (QED) is 0.773. The number of pyridine rings is 1. The number of halogens is 2. The number of carbonyl (C=O) groups is 1. The maximum Gasteiger partial charge on any atom is 0.256 e. The van der Waals surface area contributed by atoms with Crippen molar-refractivity contribution < 1.29 is 9.18 Å². The molecule has 25 heavy (non-hydrogen) atoms. The zero-order valence-corrected chi connectivity index (χ0v) is 15.8. The van der Waals surface area contributed by atoms with Crippen LogP contribution in [0.2, 0.25) is 0 Å². The molecule has 0 N–H and O–H groups in total. The first-order valence-electron chi connectivity index (χ1n) is 8.52. The van der Waals surface area contributed by atoms with Gasteiger partial charge >= 0.3 is 0 Å². The molecule has 0 atom stereocenters. The number of amides is 1. The van der Waals surface area contributed by atoms with Gasteiger partial charge in [-0.25, -0.2) is 9.37 Å². The van der Waals surface area contributed by atoms with Gasteiger partial charge in [-0.1, -0.05) is 35.3 Å². The summed E-state index contributed by atoms with van der Waals surface area (Å²) in [6.45, 7) is 4.67. The molecule has 132 valence electrons. The second kappa shape index (κ2) is 7.95. The molecule has 1 fully saturated rings. The van der Waals surface area contributed by atoms with E-state index in [1.54, 1.807) is 11.0 Å². The second-order valence-corrected chi connectivity index (χ2v) is 7.09. The molecule has 1 aromatic heterocycles. The lowest BCUT2D eigenvalue weighted by Crippen LogP contribution is -2.49. The number of aryl methyl sites for hydroxylation is 1. The van der Waals surface area contributed by atoms with E-state index < -0.39 is 5.82 Å². The van der Waals surface area contributed by atoms with E-state index in [4.69, 9.17) is 0 Å². The third kappa shape index (κ3) is 4.18. The summed E-state index contributed by atoms with van der Waals surface area (Å²) in [6, 6.07) is 8.69. The fourth-order valence-electron chi connectivity index (χ4n) is 3.01. The summed E-state index contributed by atoms with van der Waals surface area (Å²) < 4.78 is 14.6. The highest BCUT2D eigenvalue weighted by Gasteiger charge is 2.24. The fourth-order valence-corrected chi connectivity index (χ4v) is 3.35. The first kappa shape index (κ1) is 17.9. The Balaban J connectivity index is 1.62. The average molecular weight is 406 g/mol. The Morgan fingerprint density at radius 3 is 2.56 bits per heavy atom. The van der Waals surface area contributed by atoms with Crippen LogP contribution in [-0.4, -0.2) is 42.0 Å². The molecule has 3 rings (SSSR count). The molecule has 0 bridgehead atoms. The van der Waals surface area contributed by atoms with Crippen LogP contribution in [0.3, 0.4) is 0 Å². The van der Waals surface area contributed by atoms with Gasteiger partial charge < -0.3 is 9.80 Å². The molecule has 0 unspecified atom stereocenters. The Morgan fingerprint density at radius 1 is 1.20 bits per heavy atom. The highest BCUT2D eigenvalue weighted by atomic mass is 79.9. The highest BCUT2D eigenvalue weighted by molar-refractivity contribution is 9.10. The lowest BCUT2D eigenvalue weighted by Gasteiger charge is -2.35. The van der Waals surface area contributed by atoms with Crippen LogP contribution >= 0.6 is 15.9 Å². The van der Waals surface area contributed by atoms with E-state index in [1.165, 1.54) is 17.7 Å². The van der Waals surface area contributed by atoms with Gasteiger partial charge in [0.2, 0.25) is 0 Å². The highest BCUT2D eigenvalue weighted by Crippen LogP contribution is 2.19. The van der Waals surface area contributed by atoms with Crippen molar-refractivity contribution in [2.75, 3.05) is 31.1 Å². The largest absolute Gasteiger partial charge is 0.353 e. The van der Waals surface area contributed by atoms with Crippen LogP contribution in [0.5, 0.6) is 0 Å². The summed E-state index contributed by atoms with van der Waals surface area (Å²) in [5.41, 5.74) is 1.37. The monoisotopic (exact) mass is 405 g/mol. The molecule has 1 amide bonds. The zero-order valence-electron chi connectivity index (χ0n) is 14.2. The summed E-state index contributed by atoms with van der Waals surface area (Å²) in [4.78, 5) is 20.9. The Morgan fingerprint density at radius 2 is 1.96 bits per heavy atom. The lowest BCUT2D eigenvalue weighted by molar-refractivity contribution is 0.0742. The molecular weight excluding hydrogens is 385 g/mol. The third-order valence-corrected chi connectivity index (χ3v) is 4.89. The van der Waals surface area contributed by atoms with Gasteiger partial charge in [0.05, 0.1) is 5.56 Å². The van der Waals surface area contributed by atoms with E-state index in [0.29, 0.717) is 30.7 Å². The van der Waals surface area contributed by atoms with Gasteiger partial charge in [-0.2, -0.15) is 0 Å². The van der Waals surface area contributed by atoms with Crippen molar-refractivity contribution in [3.05, 3.63) is 57.9 Å². The first-order chi connectivity index (χ1) is 12.1. The third-order valence-electron chi connectivity index (χ3n) is 4.40. The maximum atomic E-state index is 14.0. The van der Waals surface area contributed by atoms with Crippen molar-refractivity contribution in [3.63, 3.8) is 0 Å². The summed E-state index contributed by atoms with van der Waals surface area (Å²) in [6.07, 6.45) is 4.07. The van der Waals surface area contributed by atoms with E-state index in [-0.39, 0.29) is 11.5 Å². The second-order valence-electron chi connectivity index (χ2n) is 6.18. The minimum Gasteiger partial charge on any atom is -0.353 e. The number of carbonyl (C=O) groups excluding carboxylic acids is 1. The van der Waals surface area contributed by atoms with Gasteiger partial charge in [0.1, 0.15) is 11.6 Å². The number of hydrogen-bond acceptors (Lipinski definition) is 3. The van der Waals surface area contributed by atoms with E-state index >= 15 is 0 Å². The minimum atomic E-state index is -0.491. The van der Waals surface area contributed by atoms with Gasteiger partial charge in [-0.05, 0) is 36.2 Å². The molecule has 1 aliphatic heterocycles. The summed E-state index contributed by atoms with van der Waals surface area (Å²) in [7, 11) is 0. The fraction of sp³-hybridized carbons (Fsp3) is 0.368. The van der Waals surface area contributed by atoms with Crippen LogP contribution < -0.4 is 4.90 Å². The maximum absolute atomic E-state index is 14.0. The SMILES string of the molecule is CCCc1ccc(N2CCN(C(=O)c3ccc(Br)cc3F)CC2)nc1. The molecule has 0 aliphatic carbocycles. The van der Waals surface area contributed by atoms with Crippen molar-refractivity contribution in [1.82, 2.24) is 9.88 Å². The molecule has 0 saturated carbocycles. The van der Waals surface area contributed by atoms with Crippen molar-refractivity contribution in [2.24, 2.45) is 0 Å². The van der Waals surface area contributed by atoms with E-state index in [2.05, 4.69) is 38.8 Å². The lowest BCUT2D eigenvalue weighted by atomic mass is 10.1. The number of piperazine rings is 1. The van der Waals surface area contributed by atoms with Crippen LogP contribution in [0.4, 0.5) is 10.2 Å². The van der Waals surface area contributed by atoms with E-state index in [0.717, 1.165) is 18.7 Å². The number of rotatable bonds is 4. The van der Waals surface area contributed by atoms with E-state index in [1.807, 2.05) is 12.3 Å². The zero-order chi connectivity index (χ0) is 17.8.